The van der Waals surface area contributed by atoms with E-state index in [0.717, 1.165) is 10.0 Å². The zero-order chi connectivity index (χ0) is 18.7. The molecule has 0 aliphatic heterocycles. The van der Waals surface area contributed by atoms with E-state index < -0.39 is 0 Å². The van der Waals surface area contributed by atoms with Crippen LogP contribution in [0.1, 0.15) is 12.5 Å². The summed E-state index contributed by atoms with van der Waals surface area (Å²) in [6.45, 7) is 2.66. The van der Waals surface area contributed by atoms with Gasteiger partial charge in [-0.05, 0) is 33.6 Å². The molecule has 2 heterocycles. The van der Waals surface area contributed by atoms with Crippen LogP contribution in [0.5, 0.6) is 0 Å². The van der Waals surface area contributed by atoms with E-state index in [1.807, 2.05) is 13.1 Å². The van der Waals surface area contributed by atoms with E-state index >= 15 is 0 Å². The van der Waals surface area contributed by atoms with Crippen molar-refractivity contribution in [1.29, 1.82) is 0 Å². The van der Waals surface area contributed by atoms with Gasteiger partial charge in [0.1, 0.15) is 5.82 Å². The lowest BCUT2D eigenvalue weighted by Gasteiger charge is -2.11. The number of carbonyl (C=O) groups is 1. The molecule has 1 amide bonds. The second-order valence-corrected chi connectivity index (χ2v) is 7.23. The number of rotatable bonds is 6. The van der Waals surface area contributed by atoms with Gasteiger partial charge in [0.25, 0.3) is 0 Å². The standard InChI is InChI=1S/C17H16BrClFN5O/c1-11(8-25-10-13(18)7-21-25)17(26)22-16-4-5-24(23-16)9-12-2-3-14(20)6-15(12)19/h2-7,10-11H,8-9H2,1H3,(H,22,23,26). The van der Waals surface area contributed by atoms with E-state index in [-0.39, 0.29) is 17.6 Å². The number of nitrogens with one attached hydrogen (secondary N) is 1. The molecule has 1 atom stereocenters. The van der Waals surface area contributed by atoms with Crippen LogP contribution in [-0.4, -0.2) is 25.5 Å². The van der Waals surface area contributed by atoms with Crippen molar-refractivity contribution in [1.82, 2.24) is 19.6 Å². The van der Waals surface area contributed by atoms with E-state index in [0.29, 0.717) is 23.9 Å². The van der Waals surface area contributed by atoms with Crippen LogP contribution in [0.15, 0.2) is 47.3 Å². The summed E-state index contributed by atoms with van der Waals surface area (Å²) >= 11 is 9.35. The molecule has 9 heteroatoms. The van der Waals surface area contributed by atoms with Gasteiger partial charge in [-0.3, -0.25) is 14.2 Å². The Balaban J connectivity index is 1.59. The Bertz CT molecular complexity index is 926. The lowest BCUT2D eigenvalue weighted by atomic mass is 10.1. The molecule has 6 nitrogen and oxygen atoms in total. The third-order valence-corrected chi connectivity index (χ3v) is 4.51. The first-order valence-electron chi connectivity index (χ1n) is 7.87. The summed E-state index contributed by atoms with van der Waals surface area (Å²) in [6, 6.07) is 5.93. The first-order chi connectivity index (χ1) is 12.4. The lowest BCUT2D eigenvalue weighted by molar-refractivity contribution is -0.119. The van der Waals surface area contributed by atoms with Gasteiger partial charge in [-0.1, -0.05) is 24.6 Å². The fraction of sp³-hybridized carbons (Fsp3) is 0.235. The Hall–Kier alpha value is -2.19. The van der Waals surface area contributed by atoms with E-state index in [2.05, 4.69) is 31.4 Å². The Morgan fingerprint density at radius 3 is 2.88 bits per heavy atom. The van der Waals surface area contributed by atoms with Crippen molar-refractivity contribution in [3.63, 3.8) is 0 Å². The molecule has 1 unspecified atom stereocenters. The van der Waals surface area contributed by atoms with E-state index in [4.69, 9.17) is 11.6 Å². The summed E-state index contributed by atoms with van der Waals surface area (Å²) < 4.78 is 17.3. The zero-order valence-electron chi connectivity index (χ0n) is 13.9. The molecule has 0 saturated carbocycles. The Kier molecular flexibility index (Phi) is 5.73. The van der Waals surface area contributed by atoms with Gasteiger partial charge in [0, 0.05) is 23.5 Å². The van der Waals surface area contributed by atoms with E-state index in [9.17, 15) is 9.18 Å². The second kappa shape index (κ2) is 8.01. The lowest BCUT2D eigenvalue weighted by Crippen LogP contribution is -2.24. The summed E-state index contributed by atoms with van der Waals surface area (Å²) in [5, 5.41) is 11.6. The first-order valence-corrected chi connectivity index (χ1v) is 9.04. The quantitative estimate of drug-likeness (QED) is 0.631. The molecule has 0 bridgehead atoms. The number of halogens is 3. The minimum absolute atomic E-state index is 0.151. The molecular weight excluding hydrogens is 425 g/mol. The van der Waals surface area contributed by atoms with Crippen molar-refractivity contribution in [2.24, 2.45) is 5.92 Å². The third-order valence-electron chi connectivity index (χ3n) is 3.75. The number of anilines is 1. The van der Waals surface area contributed by atoms with Crippen molar-refractivity contribution < 1.29 is 9.18 Å². The van der Waals surface area contributed by atoms with Gasteiger partial charge in [0.2, 0.25) is 5.91 Å². The van der Waals surface area contributed by atoms with Crippen LogP contribution in [0.25, 0.3) is 0 Å². The van der Waals surface area contributed by atoms with Crippen molar-refractivity contribution in [2.75, 3.05) is 5.32 Å². The van der Waals surface area contributed by atoms with Gasteiger partial charge in [-0.25, -0.2) is 4.39 Å². The van der Waals surface area contributed by atoms with Gasteiger partial charge in [-0.2, -0.15) is 10.2 Å². The van der Waals surface area contributed by atoms with Crippen LogP contribution in [0.3, 0.4) is 0 Å². The number of benzene rings is 1. The summed E-state index contributed by atoms with van der Waals surface area (Å²) in [5.41, 5.74) is 0.742. The molecule has 0 radical (unpaired) electrons. The monoisotopic (exact) mass is 439 g/mol. The Labute approximate surface area is 163 Å². The van der Waals surface area contributed by atoms with Crippen LogP contribution < -0.4 is 5.32 Å². The topological polar surface area (TPSA) is 64.7 Å². The summed E-state index contributed by atoms with van der Waals surface area (Å²) in [7, 11) is 0. The number of aromatic nitrogens is 4. The van der Waals surface area contributed by atoms with Crippen LogP contribution in [-0.2, 0) is 17.9 Å². The molecule has 1 N–H and O–H groups in total. The van der Waals surface area contributed by atoms with Crippen LogP contribution in [0.2, 0.25) is 5.02 Å². The van der Waals surface area contributed by atoms with Crippen LogP contribution in [0.4, 0.5) is 10.2 Å². The summed E-state index contributed by atoms with van der Waals surface area (Å²) in [4.78, 5) is 12.3. The van der Waals surface area contributed by atoms with Gasteiger partial charge < -0.3 is 5.32 Å². The maximum absolute atomic E-state index is 13.1. The number of amides is 1. The molecule has 3 aromatic rings. The highest BCUT2D eigenvalue weighted by Gasteiger charge is 2.15. The molecular formula is C17H16BrClFN5O. The largest absolute Gasteiger partial charge is 0.309 e. The number of nitrogens with zero attached hydrogens (tertiary/aromatic N) is 4. The Morgan fingerprint density at radius 2 is 2.19 bits per heavy atom. The van der Waals surface area contributed by atoms with Gasteiger partial charge in [-0.15, -0.1) is 0 Å². The number of hydrogen-bond donors (Lipinski definition) is 1. The molecule has 1 aromatic carbocycles. The van der Waals surface area contributed by atoms with Crippen molar-refractivity contribution in [3.8, 4) is 0 Å². The predicted molar refractivity (Wildman–Crippen MR) is 100 cm³/mol. The third kappa shape index (κ3) is 4.70. The number of hydrogen-bond acceptors (Lipinski definition) is 3. The van der Waals surface area contributed by atoms with Crippen molar-refractivity contribution in [3.05, 3.63) is 63.7 Å². The molecule has 136 valence electrons. The average Bonchev–Trinajstić information content (AvgIpc) is 3.19. The zero-order valence-corrected chi connectivity index (χ0v) is 16.2. The second-order valence-electron chi connectivity index (χ2n) is 5.91. The Morgan fingerprint density at radius 1 is 1.38 bits per heavy atom. The van der Waals surface area contributed by atoms with E-state index in [1.54, 1.807) is 33.9 Å². The van der Waals surface area contributed by atoms with Gasteiger partial charge in [0.15, 0.2) is 5.82 Å². The summed E-state index contributed by atoms with van der Waals surface area (Å²) in [6.07, 6.45) is 5.21. The molecule has 2 aromatic heterocycles. The molecule has 0 aliphatic rings. The fourth-order valence-corrected chi connectivity index (χ4v) is 2.95. The highest BCUT2D eigenvalue weighted by molar-refractivity contribution is 9.10. The molecule has 0 aliphatic carbocycles. The summed E-state index contributed by atoms with van der Waals surface area (Å²) in [5.74, 6) is -0.368. The maximum atomic E-state index is 13.1. The predicted octanol–water partition coefficient (Wildman–Crippen LogP) is 3.96. The fourth-order valence-electron chi connectivity index (χ4n) is 2.39. The minimum Gasteiger partial charge on any atom is -0.309 e. The van der Waals surface area contributed by atoms with Crippen molar-refractivity contribution in [2.45, 2.75) is 20.0 Å². The smallest absolute Gasteiger partial charge is 0.230 e. The van der Waals surface area contributed by atoms with Crippen LogP contribution >= 0.6 is 27.5 Å². The average molecular weight is 441 g/mol. The van der Waals surface area contributed by atoms with Crippen molar-refractivity contribution >= 4 is 39.3 Å². The normalized spacial score (nSPS) is 12.2. The maximum Gasteiger partial charge on any atom is 0.230 e. The van der Waals surface area contributed by atoms with Gasteiger partial charge in [0.05, 0.1) is 29.7 Å². The number of carbonyl (C=O) groups excluding carboxylic acids is 1. The van der Waals surface area contributed by atoms with Gasteiger partial charge >= 0.3 is 0 Å². The van der Waals surface area contributed by atoms with E-state index in [1.165, 1.54) is 12.1 Å². The molecule has 0 saturated heterocycles. The first kappa shape index (κ1) is 18.6. The van der Waals surface area contributed by atoms with Crippen LogP contribution in [0, 0.1) is 11.7 Å². The molecule has 3 rings (SSSR count). The SMILES string of the molecule is CC(Cn1cc(Br)cn1)C(=O)Nc1ccn(Cc2ccc(F)cc2Cl)n1. The highest BCUT2D eigenvalue weighted by atomic mass is 79.9. The molecule has 26 heavy (non-hydrogen) atoms. The minimum atomic E-state index is -0.384. The highest BCUT2D eigenvalue weighted by Crippen LogP contribution is 2.19. The molecule has 0 fully saturated rings. The molecule has 0 spiro atoms.